The van der Waals surface area contributed by atoms with Crippen molar-refractivity contribution in [2.45, 2.75) is 52.5 Å². The first-order chi connectivity index (χ1) is 14.9. The summed E-state index contributed by atoms with van der Waals surface area (Å²) in [6.45, 7) is 21.5. The molecule has 0 unspecified atom stereocenters. The van der Waals surface area contributed by atoms with Crippen LogP contribution in [0.1, 0.15) is 56.8 Å². The van der Waals surface area contributed by atoms with Crippen molar-refractivity contribution < 1.29 is 0 Å². The van der Waals surface area contributed by atoms with Gasteiger partial charge in [0, 0.05) is 37.5 Å². The lowest BCUT2D eigenvalue weighted by molar-refractivity contribution is 0.196. The average Bonchev–Trinajstić information content (AvgIpc) is 3.38. The SMILES string of the molecule is C=C/C(C)=C(\N=C)C(=C)N1CCCC[C@H]1c1cc2nc(N3CC[C@H](C)C3)c(C)cn2n1. The fraction of sp³-hybridized carbons (Fsp3) is 0.480. The van der Waals surface area contributed by atoms with E-state index < -0.39 is 0 Å². The molecule has 2 aromatic heterocycles. The van der Waals surface area contributed by atoms with Crippen molar-refractivity contribution in [1.82, 2.24) is 19.5 Å². The Labute approximate surface area is 185 Å². The van der Waals surface area contributed by atoms with Crippen LogP contribution in [0.3, 0.4) is 0 Å². The van der Waals surface area contributed by atoms with Gasteiger partial charge in [-0.2, -0.15) is 5.10 Å². The summed E-state index contributed by atoms with van der Waals surface area (Å²) in [5, 5.41) is 4.93. The number of likely N-dealkylation sites (tertiary alicyclic amines) is 1. The Hall–Kier alpha value is -2.89. The van der Waals surface area contributed by atoms with Crippen molar-refractivity contribution in [2.24, 2.45) is 10.9 Å². The predicted octanol–water partition coefficient (Wildman–Crippen LogP) is 5.09. The smallest absolute Gasteiger partial charge is 0.157 e. The molecule has 6 heteroatoms. The number of hydrogen-bond donors (Lipinski definition) is 0. The highest BCUT2D eigenvalue weighted by molar-refractivity contribution is 5.54. The van der Waals surface area contributed by atoms with Gasteiger partial charge in [0.2, 0.25) is 0 Å². The lowest BCUT2D eigenvalue weighted by atomic mass is 9.97. The summed E-state index contributed by atoms with van der Waals surface area (Å²) in [4.78, 5) is 14.0. The van der Waals surface area contributed by atoms with E-state index >= 15 is 0 Å². The number of fused-ring (bicyclic) bond motifs is 1. The van der Waals surface area contributed by atoms with Gasteiger partial charge in [-0.15, -0.1) is 0 Å². The summed E-state index contributed by atoms with van der Waals surface area (Å²) in [5.41, 5.74) is 5.81. The highest BCUT2D eigenvalue weighted by Crippen LogP contribution is 2.36. The molecular formula is C25H34N6. The number of hydrogen-bond acceptors (Lipinski definition) is 5. The predicted molar refractivity (Wildman–Crippen MR) is 129 cm³/mol. The topological polar surface area (TPSA) is 49.0 Å². The highest BCUT2D eigenvalue weighted by Gasteiger charge is 2.29. The third-order valence-electron chi connectivity index (χ3n) is 6.65. The maximum absolute atomic E-state index is 5.00. The summed E-state index contributed by atoms with van der Waals surface area (Å²) in [6.07, 6.45) is 8.50. The van der Waals surface area contributed by atoms with Crippen molar-refractivity contribution in [3.05, 3.63) is 59.7 Å². The van der Waals surface area contributed by atoms with Crippen LogP contribution >= 0.6 is 0 Å². The molecule has 0 amide bonds. The summed E-state index contributed by atoms with van der Waals surface area (Å²) in [5.74, 6) is 1.82. The van der Waals surface area contributed by atoms with Gasteiger partial charge >= 0.3 is 0 Å². The molecule has 31 heavy (non-hydrogen) atoms. The first-order valence-corrected chi connectivity index (χ1v) is 11.3. The lowest BCUT2D eigenvalue weighted by Crippen LogP contribution is -2.33. The number of anilines is 1. The molecule has 4 rings (SSSR count). The number of piperidine rings is 1. The van der Waals surface area contributed by atoms with Crippen LogP contribution in [0.2, 0.25) is 0 Å². The van der Waals surface area contributed by atoms with Gasteiger partial charge < -0.3 is 9.80 Å². The van der Waals surface area contributed by atoms with E-state index in [0.717, 1.165) is 72.5 Å². The van der Waals surface area contributed by atoms with Crippen LogP contribution in [0.15, 0.2) is 53.5 Å². The second-order valence-electron chi connectivity index (χ2n) is 9.00. The zero-order valence-corrected chi connectivity index (χ0v) is 19.1. The summed E-state index contributed by atoms with van der Waals surface area (Å²) < 4.78 is 1.93. The summed E-state index contributed by atoms with van der Waals surface area (Å²) >= 11 is 0. The van der Waals surface area contributed by atoms with Crippen molar-refractivity contribution in [3.8, 4) is 0 Å². The Kier molecular flexibility index (Phi) is 5.99. The number of allylic oxidation sites excluding steroid dienone is 2. The quantitative estimate of drug-likeness (QED) is 0.485. The average molecular weight is 419 g/mol. The van der Waals surface area contributed by atoms with E-state index in [0.29, 0.717) is 0 Å². The molecule has 2 aliphatic rings. The molecular weight excluding hydrogens is 384 g/mol. The van der Waals surface area contributed by atoms with Gasteiger partial charge in [0.15, 0.2) is 5.65 Å². The van der Waals surface area contributed by atoms with Gasteiger partial charge in [-0.05, 0) is 57.7 Å². The first kappa shape index (κ1) is 21.3. The molecule has 4 heterocycles. The Morgan fingerprint density at radius 3 is 2.74 bits per heavy atom. The van der Waals surface area contributed by atoms with Crippen LogP contribution in [0.4, 0.5) is 5.82 Å². The monoisotopic (exact) mass is 418 g/mol. The summed E-state index contributed by atoms with van der Waals surface area (Å²) in [7, 11) is 0. The molecule has 0 saturated carbocycles. The minimum Gasteiger partial charge on any atom is -0.362 e. The molecule has 2 aromatic rings. The molecule has 2 saturated heterocycles. The Morgan fingerprint density at radius 2 is 2.06 bits per heavy atom. The highest BCUT2D eigenvalue weighted by atomic mass is 15.3. The Bertz CT molecular complexity index is 1050. The van der Waals surface area contributed by atoms with Gasteiger partial charge in [0.05, 0.1) is 23.1 Å². The minimum absolute atomic E-state index is 0.160. The fourth-order valence-corrected chi connectivity index (χ4v) is 4.87. The van der Waals surface area contributed by atoms with Gasteiger partial charge in [0.1, 0.15) is 5.82 Å². The molecule has 0 radical (unpaired) electrons. The van der Waals surface area contributed by atoms with E-state index in [1.165, 1.54) is 18.4 Å². The Morgan fingerprint density at radius 1 is 1.26 bits per heavy atom. The fourth-order valence-electron chi connectivity index (χ4n) is 4.87. The molecule has 164 valence electrons. The van der Waals surface area contributed by atoms with Crippen LogP contribution in [-0.2, 0) is 0 Å². The van der Waals surface area contributed by atoms with Crippen LogP contribution in [-0.4, -0.2) is 45.8 Å². The third-order valence-corrected chi connectivity index (χ3v) is 6.65. The maximum Gasteiger partial charge on any atom is 0.157 e. The molecule has 0 spiro atoms. The van der Waals surface area contributed by atoms with E-state index in [4.69, 9.17) is 10.1 Å². The second kappa shape index (κ2) is 8.69. The zero-order chi connectivity index (χ0) is 22.1. The number of nitrogens with zero attached hydrogens (tertiary/aromatic N) is 6. The zero-order valence-electron chi connectivity index (χ0n) is 19.1. The van der Waals surface area contributed by atoms with Crippen LogP contribution < -0.4 is 4.90 Å². The van der Waals surface area contributed by atoms with Crippen LogP contribution in [0.25, 0.3) is 5.65 Å². The van der Waals surface area contributed by atoms with E-state index in [2.05, 4.69) is 60.8 Å². The standard InChI is InChI=1S/C25H34N6/c1-7-18(3)24(26-6)20(5)30-12-9-8-10-22(30)21-14-23-27-25(19(4)16-31(23)28-21)29-13-11-17(2)15-29/h7,14,16-17,22H,1,5-6,8-13,15H2,2-4H3/b24-18-/t17-,22-/m0/s1. The molecule has 0 N–H and O–H groups in total. The van der Waals surface area contributed by atoms with Crippen molar-refractivity contribution in [3.63, 3.8) is 0 Å². The molecule has 2 atom stereocenters. The first-order valence-electron chi connectivity index (χ1n) is 11.3. The second-order valence-corrected chi connectivity index (χ2v) is 9.00. The van der Waals surface area contributed by atoms with E-state index in [9.17, 15) is 0 Å². The van der Waals surface area contributed by atoms with Crippen LogP contribution in [0.5, 0.6) is 0 Å². The minimum atomic E-state index is 0.160. The maximum atomic E-state index is 5.00. The molecule has 0 aliphatic carbocycles. The number of aryl methyl sites for hydroxylation is 1. The van der Waals surface area contributed by atoms with E-state index in [-0.39, 0.29) is 6.04 Å². The van der Waals surface area contributed by atoms with Gasteiger partial charge in [-0.25, -0.2) is 9.50 Å². The number of rotatable bonds is 6. The van der Waals surface area contributed by atoms with Crippen molar-refractivity contribution in [2.75, 3.05) is 24.5 Å². The largest absolute Gasteiger partial charge is 0.362 e. The Balaban J connectivity index is 1.68. The lowest BCUT2D eigenvalue weighted by Gasteiger charge is -2.38. The van der Waals surface area contributed by atoms with Gasteiger partial charge in [0.25, 0.3) is 0 Å². The number of aliphatic imine (C=N–C) groups is 1. The normalized spacial score (nSPS) is 22.5. The molecule has 0 bridgehead atoms. The van der Waals surface area contributed by atoms with Crippen LogP contribution in [0, 0.1) is 12.8 Å². The van der Waals surface area contributed by atoms with Crippen molar-refractivity contribution in [1.29, 1.82) is 0 Å². The molecule has 6 nitrogen and oxygen atoms in total. The van der Waals surface area contributed by atoms with E-state index in [1.807, 2.05) is 17.5 Å². The molecule has 0 aromatic carbocycles. The summed E-state index contributed by atoms with van der Waals surface area (Å²) in [6, 6.07) is 2.30. The van der Waals surface area contributed by atoms with Gasteiger partial charge in [-0.3, -0.25) is 4.99 Å². The van der Waals surface area contributed by atoms with E-state index in [1.54, 1.807) is 0 Å². The third kappa shape index (κ3) is 4.03. The van der Waals surface area contributed by atoms with Crippen molar-refractivity contribution >= 4 is 18.2 Å². The molecule has 2 fully saturated rings. The van der Waals surface area contributed by atoms with Gasteiger partial charge in [-0.1, -0.05) is 26.2 Å². The molecule has 2 aliphatic heterocycles. The number of aromatic nitrogens is 3.